The molecule has 0 bridgehead atoms. The molecule has 0 saturated heterocycles. The lowest BCUT2D eigenvalue weighted by molar-refractivity contribution is -0.149. The molecule has 0 spiro atoms. The first-order valence-electron chi connectivity index (χ1n) is 11.6. The van der Waals surface area contributed by atoms with E-state index in [9.17, 15) is 9.59 Å². The minimum atomic E-state index is -0.0265. The number of allylic oxidation sites excluding steroid dienone is 4. The molecule has 0 amide bonds. The van der Waals surface area contributed by atoms with Crippen LogP contribution in [0.15, 0.2) is 22.8 Å². The van der Waals surface area contributed by atoms with Gasteiger partial charge in [-0.1, -0.05) is 58.1 Å². The third-order valence-corrected chi connectivity index (χ3v) is 7.40. The Morgan fingerprint density at radius 1 is 1.18 bits per heavy atom. The lowest BCUT2D eigenvalue weighted by atomic mass is 9.57. The molecular formula is C25H38O3. The fourth-order valence-corrected chi connectivity index (χ4v) is 5.80. The topological polar surface area (TPSA) is 43.4 Å². The fraction of sp³-hybridized carbons (Fsp3) is 0.760. The van der Waals surface area contributed by atoms with Gasteiger partial charge in [-0.05, 0) is 55.1 Å². The van der Waals surface area contributed by atoms with Gasteiger partial charge in [-0.15, -0.1) is 0 Å². The molecule has 0 heterocycles. The van der Waals surface area contributed by atoms with Gasteiger partial charge in [-0.25, -0.2) is 0 Å². The molecule has 28 heavy (non-hydrogen) atoms. The van der Waals surface area contributed by atoms with Crippen LogP contribution in [0.1, 0.15) is 97.8 Å². The first-order valence-corrected chi connectivity index (χ1v) is 11.6. The minimum absolute atomic E-state index is 0.0265. The van der Waals surface area contributed by atoms with E-state index in [0.29, 0.717) is 43.5 Å². The molecule has 156 valence electrons. The van der Waals surface area contributed by atoms with Crippen molar-refractivity contribution in [1.29, 1.82) is 0 Å². The van der Waals surface area contributed by atoms with Gasteiger partial charge in [-0.3, -0.25) is 9.59 Å². The Bertz CT molecular complexity index is 657. The van der Waals surface area contributed by atoms with E-state index in [1.54, 1.807) is 0 Å². The lowest BCUT2D eigenvalue weighted by Gasteiger charge is -2.48. The Morgan fingerprint density at radius 3 is 2.75 bits per heavy atom. The zero-order chi connectivity index (χ0) is 20.1. The van der Waals surface area contributed by atoms with E-state index in [4.69, 9.17) is 4.74 Å². The number of unbranched alkanes of at least 4 members (excludes halogenated alkanes) is 3. The fourth-order valence-electron chi connectivity index (χ4n) is 5.80. The van der Waals surface area contributed by atoms with E-state index in [1.165, 1.54) is 29.6 Å². The molecule has 0 aromatic carbocycles. The number of ketones is 1. The van der Waals surface area contributed by atoms with Crippen molar-refractivity contribution in [3.05, 3.63) is 22.8 Å². The van der Waals surface area contributed by atoms with Crippen molar-refractivity contribution in [2.75, 3.05) is 6.61 Å². The van der Waals surface area contributed by atoms with Crippen molar-refractivity contribution >= 4 is 11.8 Å². The molecule has 0 saturated carbocycles. The largest absolute Gasteiger partial charge is 0.465 e. The molecule has 0 aromatic rings. The first kappa shape index (κ1) is 21.3. The van der Waals surface area contributed by atoms with Gasteiger partial charge in [0, 0.05) is 24.7 Å². The van der Waals surface area contributed by atoms with Crippen LogP contribution in [-0.4, -0.2) is 18.4 Å². The number of fused-ring (bicyclic) bond motifs is 2. The van der Waals surface area contributed by atoms with Gasteiger partial charge >= 0.3 is 5.97 Å². The molecule has 0 fully saturated rings. The van der Waals surface area contributed by atoms with Crippen LogP contribution in [0.4, 0.5) is 0 Å². The summed E-state index contributed by atoms with van der Waals surface area (Å²) < 4.78 is 5.77. The first-order chi connectivity index (χ1) is 13.5. The highest BCUT2D eigenvalue weighted by molar-refractivity contribution is 5.83. The molecule has 3 heteroatoms. The average molecular weight is 387 g/mol. The van der Waals surface area contributed by atoms with Crippen molar-refractivity contribution in [3.63, 3.8) is 0 Å². The maximum atomic E-state index is 12.2. The highest BCUT2D eigenvalue weighted by atomic mass is 16.5. The summed E-state index contributed by atoms with van der Waals surface area (Å²) in [6.07, 6.45) is 14.1. The van der Waals surface area contributed by atoms with Gasteiger partial charge in [-0.2, -0.15) is 0 Å². The van der Waals surface area contributed by atoms with E-state index in [0.717, 1.165) is 44.9 Å². The molecule has 3 nitrogen and oxygen atoms in total. The molecule has 3 rings (SSSR count). The average Bonchev–Trinajstić information content (AvgIpc) is 2.69. The van der Waals surface area contributed by atoms with Gasteiger partial charge < -0.3 is 4.74 Å². The highest BCUT2D eigenvalue weighted by Gasteiger charge is 2.45. The summed E-state index contributed by atoms with van der Waals surface area (Å²) in [5.74, 6) is 1.50. The van der Waals surface area contributed by atoms with E-state index in [2.05, 4.69) is 26.8 Å². The van der Waals surface area contributed by atoms with Crippen LogP contribution in [0.2, 0.25) is 0 Å². The molecular weight excluding hydrogens is 348 g/mol. The predicted molar refractivity (Wildman–Crippen MR) is 113 cm³/mol. The van der Waals surface area contributed by atoms with Gasteiger partial charge in [0.05, 0.1) is 6.61 Å². The van der Waals surface area contributed by atoms with Crippen LogP contribution in [0.25, 0.3) is 0 Å². The summed E-state index contributed by atoms with van der Waals surface area (Å²) in [7, 11) is 0. The zero-order valence-corrected chi connectivity index (χ0v) is 18.1. The van der Waals surface area contributed by atoms with E-state index in [-0.39, 0.29) is 11.4 Å². The summed E-state index contributed by atoms with van der Waals surface area (Å²) in [5.41, 5.74) is 4.48. The SMILES string of the molecule is CCCCCCC(=O)OC[C@@]1(C)CC=C2C3=C(CC[C@H]2[C@@H]1CC)CC(=O)CC3. The normalized spacial score (nSPS) is 29.8. The standard InChI is InChI=1S/C25H38O3/c1-4-6-7-8-9-24(27)28-17-25(3)15-14-21-20-13-11-19(26)16-18(20)10-12-22(21)23(25)5-2/h14,22-23H,4-13,15-17H2,1-3H3/t22-,23+,25-/m1/s1. The Labute approximate surface area is 171 Å². The second-order valence-electron chi connectivity index (χ2n) is 9.45. The van der Waals surface area contributed by atoms with Crippen LogP contribution in [0, 0.1) is 17.3 Å². The van der Waals surface area contributed by atoms with Crippen molar-refractivity contribution in [2.24, 2.45) is 17.3 Å². The summed E-state index contributed by atoms with van der Waals surface area (Å²) in [5, 5.41) is 0. The number of ether oxygens (including phenoxy) is 1. The maximum Gasteiger partial charge on any atom is 0.305 e. The Kier molecular flexibility index (Phi) is 7.17. The van der Waals surface area contributed by atoms with Gasteiger partial charge in [0.2, 0.25) is 0 Å². The molecule has 0 N–H and O–H groups in total. The molecule has 3 aliphatic rings. The monoisotopic (exact) mass is 386 g/mol. The second-order valence-corrected chi connectivity index (χ2v) is 9.45. The van der Waals surface area contributed by atoms with Crippen LogP contribution in [0.5, 0.6) is 0 Å². The van der Waals surface area contributed by atoms with E-state index >= 15 is 0 Å². The molecule has 0 aliphatic heterocycles. The number of esters is 1. The second kappa shape index (κ2) is 9.41. The molecule has 0 aromatic heterocycles. The molecule has 3 aliphatic carbocycles. The quantitative estimate of drug-likeness (QED) is 0.362. The minimum Gasteiger partial charge on any atom is -0.465 e. The van der Waals surface area contributed by atoms with Crippen molar-refractivity contribution < 1.29 is 14.3 Å². The number of carbonyl (C=O) groups excluding carboxylic acids is 2. The predicted octanol–water partition coefficient (Wildman–Crippen LogP) is 6.32. The van der Waals surface area contributed by atoms with Crippen molar-refractivity contribution in [3.8, 4) is 0 Å². The van der Waals surface area contributed by atoms with Crippen molar-refractivity contribution in [1.82, 2.24) is 0 Å². The lowest BCUT2D eigenvalue weighted by Crippen LogP contribution is -2.42. The summed E-state index contributed by atoms with van der Waals surface area (Å²) in [6.45, 7) is 7.33. The van der Waals surface area contributed by atoms with Crippen LogP contribution < -0.4 is 0 Å². The van der Waals surface area contributed by atoms with E-state index < -0.39 is 0 Å². The van der Waals surface area contributed by atoms with E-state index in [1.807, 2.05) is 0 Å². The third-order valence-electron chi connectivity index (χ3n) is 7.40. The number of carbonyl (C=O) groups is 2. The molecule has 0 radical (unpaired) electrons. The van der Waals surface area contributed by atoms with Gasteiger partial charge in [0.1, 0.15) is 5.78 Å². The Balaban J connectivity index is 1.65. The van der Waals surface area contributed by atoms with Gasteiger partial charge in [0.15, 0.2) is 0 Å². The molecule has 0 unspecified atom stereocenters. The van der Waals surface area contributed by atoms with Crippen LogP contribution >= 0.6 is 0 Å². The zero-order valence-electron chi connectivity index (χ0n) is 18.1. The number of hydrogen-bond acceptors (Lipinski definition) is 3. The molecule has 3 atom stereocenters. The smallest absolute Gasteiger partial charge is 0.305 e. The maximum absolute atomic E-state index is 12.2. The van der Waals surface area contributed by atoms with Gasteiger partial charge in [0.25, 0.3) is 0 Å². The number of Topliss-reactive ketones (excluding diaryl/α,β-unsaturated/α-hetero) is 1. The van der Waals surface area contributed by atoms with Crippen molar-refractivity contribution in [2.45, 2.75) is 97.8 Å². The van der Waals surface area contributed by atoms with Crippen LogP contribution in [0.3, 0.4) is 0 Å². The van der Waals surface area contributed by atoms with Crippen LogP contribution in [-0.2, 0) is 14.3 Å². The Morgan fingerprint density at radius 2 is 2.00 bits per heavy atom. The number of hydrogen-bond donors (Lipinski definition) is 0. The summed E-state index contributed by atoms with van der Waals surface area (Å²) in [4.78, 5) is 24.1. The highest BCUT2D eigenvalue weighted by Crippen LogP contribution is 2.53. The number of rotatable bonds is 8. The summed E-state index contributed by atoms with van der Waals surface area (Å²) in [6, 6.07) is 0. The summed E-state index contributed by atoms with van der Waals surface area (Å²) >= 11 is 0. The third kappa shape index (κ3) is 4.60. The Hall–Kier alpha value is -1.38.